The van der Waals surface area contributed by atoms with Gasteiger partial charge in [0.15, 0.2) is 0 Å². The second kappa shape index (κ2) is 9.25. The minimum Gasteiger partial charge on any atom is -0.492 e. The van der Waals surface area contributed by atoms with Gasteiger partial charge in [-0.05, 0) is 43.0 Å². The fraction of sp³-hybridized carbons (Fsp3) is 0.682. The maximum Gasteiger partial charge on any atom is 0.228 e. The first kappa shape index (κ1) is 19.7. The van der Waals surface area contributed by atoms with Gasteiger partial charge in [0.25, 0.3) is 0 Å². The summed E-state index contributed by atoms with van der Waals surface area (Å²) in [7, 11) is 0. The Hall–Kier alpha value is -1.63. The van der Waals surface area contributed by atoms with Crippen LogP contribution in [0.4, 0.5) is 0 Å². The van der Waals surface area contributed by atoms with Gasteiger partial charge in [0.1, 0.15) is 12.4 Å². The van der Waals surface area contributed by atoms with Crippen molar-refractivity contribution < 1.29 is 14.3 Å². The highest BCUT2D eigenvalue weighted by Crippen LogP contribution is 2.43. The molecule has 4 rings (SSSR count). The minimum absolute atomic E-state index is 0.190. The van der Waals surface area contributed by atoms with Gasteiger partial charge in [0, 0.05) is 32.7 Å². The van der Waals surface area contributed by atoms with Crippen molar-refractivity contribution in [3.63, 3.8) is 0 Å². The molecule has 0 spiro atoms. The number of rotatable bonds is 7. The zero-order valence-electron chi connectivity index (χ0n) is 16.8. The van der Waals surface area contributed by atoms with Crippen molar-refractivity contribution in [2.45, 2.75) is 32.2 Å². The molecule has 1 aliphatic carbocycles. The van der Waals surface area contributed by atoms with E-state index in [-0.39, 0.29) is 11.3 Å². The predicted octanol–water partition coefficient (Wildman–Crippen LogP) is 1.79. The van der Waals surface area contributed by atoms with E-state index in [2.05, 4.69) is 21.6 Å². The third kappa shape index (κ3) is 4.50. The number of nitrogens with one attached hydrogen (secondary N) is 2. The number of benzene rings is 1. The number of amides is 1. The molecule has 0 unspecified atom stereocenters. The van der Waals surface area contributed by atoms with Crippen LogP contribution in [0.2, 0.25) is 0 Å². The molecule has 2 heterocycles. The van der Waals surface area contributed by atoms with Gasteiger partial charge in [-0.1, -0.05) is 25.0 Å². The molecule has 2 aliphatic heterocycles. The molecule has 1 amide bonds. The Labute approximate surface area is 168 Å². The number of nitrogens with zero attached hydrogens (tertiary/aromatic N) is 1. The second-order valence-electron chi connectivity index (χ2n) is 8.36. The van der Waals surface area contributed by atoms with Crippen molar-refractivity contribution in [1.29, 1.82) is 0 Å². The predicted molar refractivity (Wildman–Crippen MR) is 108 cm³/mol. The van der Waals surface area contributed by atoms with Crippen molar-refractivity contribution in [2.75, 3.05) is 52.5 Å². The standard InChI is InChI=1S/C22H33N3O3/c26-21(22-7-2-1-5-19(22)16-23-17-22)24-15-18-4-3-6-20(14-18)28-13-10-25-8-11-27-12-9-25/h3-4,6,14,19,23H,1-2,5,7-13,15-17H2,(H,24,26)/t19-,22+/m0/s1. The first-order valence-electron chi connectivity index (χ1n) is 10.8. The van der Waals surface area contributed by atoms with Crippen LogP contribution in [0.1, 0.15) is 31.2 Å². The lowest BCUT2D eigenvalue weighted by atomic mass is 9.67. The van der Waals surface area contributed by atoms with Crippen molar-refractivity contribution in [3.05, 3.63) is 29.8 Å². The summed E-state index contributed by atoms with van der Waals surface area (Å²) in [5.74, 6) is 1.59. The molecule has 3 fully saturated rings. The van der Waals surface area contributed by atoms with Crippen molar-refractivity contribution in [1.82, 2.24) is 15.5 Å². The van der Waals surface area contributed by atoms with Crippen molar-refractivity contribution in [2.24, 2.45) is 11.3 Å². The molecular formula is C22H33N3O3. The number of fused-ring (bicyclic) bond motifs is 1. The first-order chi connectivity index (χ1) is 13.8. The number of ether oxygens (including phenoxy) is 2. The van der Waals surface area contributed by atoms with Gasteiger partial charge in [-0.15, -0.1) is 0 Å². The highest BCUT2D eigenvalue weighted by molar-refractivity contribution is 5.83. The molecule has 0 radical (unpaired) electrons. The monoisotopic (exact) mass is 387 g/mol. The number of hydrogen-bond acceptors (Lipinski definition) is 5. The fourth-order valence-electron chi connectivity index (χ4n) is 4.91. The van der Waals surface area contributed by atoms with Crippen LogP contribution in [0.15, 0.2) is 24.3 Å². The normalized spacial score (nSPS) is 27.9. The van der Waals surface area contributed by atoms with Gasteiger partial charge < -0.3 is 20.1 Å². The van der Waals surface area contributed by atoms with Crippen LogP contribution in [-0.4, -0.2) is 63.4 Å². The third-order valence-electron chi connectivity index (χ3n) is 6.62. The molecule has 3 aliphatic rings. The van der Waals surface area contributed by atoms with E-state index in [1.165, 1.54) is 12.8 Å². The summed E-state index contributed by atoms with van der Waals surface area (Å²) in [6, 6.07) is 8.09. The average molecular weight is 388 g/mol. The lowest BCUT2D eigenvalue weighted by molar-refractivity contribution is -0.134. The number of carbonyl (C=O) groups excluding carboxylic acids is 1. The van der Waals surface area contributed by atoms with Gasteiger partial charge in [-0.3, -0.25) is 9.69 Å². The Morgan fingerprint density at radius 3 is 3.11 bits per heavy atom. The molecule has 1 aromatic carbocycles. The van der Waals surface area contributed by atoms with E-state index in [0.29, 0.717) is 19.1 Å². The highest BCUT2D eigenvalue weighted by atomic mass is 16.5. The molecule has 2 atom stereocenters. The van der Waals surface area contributed by atoms with E-state index in [9.17, 15) is 4.79 Å². The van der Waals surface area contributed by atoms with Crippen molar-refractivity contribution >= 4 is 5.91 Å². The van der Waals surface area contributed by atoms with Gasteiger partial charge in [0.05, 0.1) is 18.6 Å². The Kier molecular flexibility index (Phi) is 6.50. The molecule has 2 N–H and O–H groups in total. The van der Waals surface area contributed by atoms with Gasteiger partial charge in [0.2, 0.25) is 5.91 Å². The van der Waals surface area contributed by atoms with Gasteiger partial charge in [-0.2, -0.15) is 0 Å². The van der Waals surface area contributed by atoms with E-state index in [4.69, 9.17) is 9.47 Å². The van der Waals surface area contributed by atoms with E-state index >= 15 is 0 Å². The molecule has 2 saturated heterocycles. The van der Waals surface area contributed by atoms with Gasteiger partial charge in [-0.25, -0.2) is 0 Å². The lowest BCUT2D eigenvalue weighted by Gasteiger charge is -2.37. The lowest BCUT2D eigenvalue weighted by Crippen LogP contribution is -2.47. The zero-order valence-corrected chi connectivity index (χ0v) is 16.8. The SMILES string of the molecule is O=C(NCc1cccc(OCCN2CCOCC2)c1)[C@@]12CCCC[C@H]1CNC2. The average Bonchev–Trinajstić information content (AvgIpc) is 3.18. The van der Waals surface area contributed by atoms with Crippen LogP contribution >= 0.6 is 0 Å². The quantitative estimate of drug-likeness (QED) is 0.747. The smallest absolute Gasteiger partial charge is 0.228 e. The first-order valence-corrected chi connectivity index (χ1v) is 10.8. The molecule has 0 bridgehead atoms. The highest BCUT2D eigenvalue weighted by Gasteiger charge is 2.49. The number of hydrogen-bond donors (Lipinski definition) is 2. The van der Waals surface area contributed by atoms with Crippen molar-refractivity contribution in [3.8, 4) is 5.75 Å². The molecule has 6 nitrogen and oxygen atoms in total. The minimum atomic E-state index is -0.190. The second-order valence-corrected chi connectivity index (χ2v) is 8.36. The summed E-state index contributed by atoms with van der Waals surface area (Å²) >= 11 is 0. The third-order valence-corrected chi connectivity index (χ3v) is 6.62. The van der Waals surface area contributed by atoms with Crippen LogP contribution in [0, 0.1) is 11.3 Å². The van der Waals surface area contributed by atoms with E-state index in [1.807, 2.05) is 18.2 Å². The number of carbonyl (C=O) groups is 1. The number of morpholine rings is 1. The Morgan fingerprint density at radius 2 is 2.21 bits per heavy atom. The summed E-state index contributed by atoms with van der Waals surface area (Å²) in [4.78, 5) is 15.4. The fourth-order valence-corrected chi connectivity index (χ4v) is 4.91. The van der Waals surface area contributed by atoms with Crippen LogP contribution in [0.3, 0.4) is 0 Å². The summed E-state index contributed by atoms with van der Waals surface area (Å²) in [6.45, 7) is 7.55. The largest absolute Gasteiger partial charge is 0.492 e. The van der Waals surface area contributed by atoms with Crippen LogP contribution < -0.4 is 15.4 Å². The van der Waals surface area contributed by atoms with E-state index < -0.39 is 0 Å². The maximum absolute atomic E-state index is 13.0. The van der Waals surface area contributed by atoms with Crippen LogP contribution in [-0.2, 0) is 16.1 Å². The topological polar surface area (TPSA) is 62.8 Å². The molecular weight excluding hydrogens is 354 g/mol. The molecule has 154 valence electrons. The summed E-state index contributed by atoms with van der Waals surface area (Å²) in [5, 5.41) is 6.66. The summed E-state index contributed by atoms with van der Waals surface area (Å²) in [5.41, 5.74) is 0.900. The molecule has 6 heteroatoms. The molecule has 0 aromatic heterocycles. The summed E-state index contributed by atoms with van der Waals surface area (Å²) in [6.07, 6.45) is 4.61. The van der Waals surface area contributed by atoms with Gasteiger partial charge >= 0.3 is 0 Å². The van der Waals surface area contributed by atoms with E-state index in [1.54, 1.807) is 0 Å². The zero-order chi connectivity index (χ0) is 19.2. The molecule has 1 aromatic rings. The van der Waals surface area contributed by atoms with Crippen LogP contribution in [0.5, 0.6) is 5.75 Å². The molecule has 1 saturated carbocycles. The van der Waals surface area contributed by atoms with E-state index in [0.717, 1.165) is 70.1 Å². The summed E-state index contributed by atoms with van der Waals surface area (Å²) < 4.78 is 11.3. The Morgan fingerprint density at radius 1 is 1.32 bits per heavy atom. The Balaban J connectivity index is 1.27. The molecule has 28 heavy (non-hydrogen) atoms. The maximum atomic E-state index is 13.0. The van der Waals surface area contributed by atoms with Crippen LogP contribution in [0.25, 0.3) is 0 Å². The Bertz CT molecular complexity index is 662.